The highest BCUT2D eigenvalue weighted by Gasteiger charge is 2.18. The van der Waals surface area contributed by atoms with Crippen molar-refractivity contribution in [3.05, 3.63) is 57.3 Å². The molecule has 0 saturated heterocycles. The predicted octanol–water partition coefficient (Wildman–Crippen LogP) is 5.00. The number of ether oxygens (including phenoxy) is 1. The quantitative estimate of drug-likeness (QED) is 0.660. The number of fused-ring (bicyclic) bond motifs is 1. The van der Waals surface area contributed by atoms with Gasteiger partial charge in [0.1, 0.15) is 11.6 Å². The molecule has 0 amide bonds. The molecule has 1 heterocycles. The average molecular weight is 357 g/mol. The molecule has 0 radical (unpaired) electrons. The minimum atomic E-state index is -0.0614. The van der Waals surface area contributed by atoms with Crippen molar-refractivity contribution in [2.45, 2.75) is 33.2 Å². The van der Waals surface area contributed by atoms with Crippen molar-refractivity contribution in [3.8, 4) is 17.1 Å². The van der Waals surface area contributed by atoms with Crippen LogP contribution >= 0.6 is 11.6 Å². The fraction of sp³-hybridized carbons (Fsp3) is 0.300. The number of hydrogen-bond acceptors (Lipinski definition) is 3. The van der Waals surface area contributed by atoms with Gasteiger partial charge in [-0.15, -0.1) is 0 Å². The zero-order valence-corrected chi connectivity index (χ0v) is 15.6. The van der Waals surface area contributed by atoms with Crippen molar-refractivity contribution in [1.29, 1.82) is 0 Å². The van der Waals surface area contributed by atoms with E-state index in [-0.39, 0.29) is 11.6 Å². The molecule has 1 aromatic heterocycles. The summed E-state index contributed by atoms with van der Waals surface area (Å²) in [4.78, 5) is 17.9. The summed E-state index contributed by atoms with van der Waals surface area (Å²) in [6.45, 7) is 6.05. The maximum absolute atomic E-state index is 13.1. The summed E-state index contributed by atoms with van der Waals surface area (Å²) in [5.74, 6) is 1.26. The SMILES string of the molecule is CCC(C)n1c(-c2ccc(C)cc2Cl)nc2cc(OC)ccc2c1=O. The lowest BCUT2D eigenvalue weighted by Gasteiger charge is -2.19. The van der Waals surface area contributed by atoms with E-state index in [0.29, 0.717) is 27.5 Å². The highest BCUT2D eigenvalue weighted by atomic mass is 35.5. The molecule has 0 fully saturated rings. The summed E-state index contributed by atoms with van der Waals surface area (Å²) in [7, 11) is 1.60. The topological polar surface area (TPSA) is 44.1 Å². The Balaban J connectivity index is 2.40. The maximum atomic E-state index is 13.1. The van der Waals surface area contributed by atoms with E-state index < -0.39 is 0 Å². The van der Waals surface area contributed by atoms with Crippen molar-refractivity contribution >= 4 is 22.5 Å². The Morgan fingerprint density at radius 2 is 2.00 bits per heavy atom. The van der Waals surface area contributed by atoms with Gasteiger partial charge in [0.2, 0.25) is 0 Å². The van der Waals surface area contributed by atoms with Crippen LogP contribution in [0, 0.1) is 6.92 Å². The fourth-order valence-corrected chi connectivity index (χ4v) is 3.21. The molecular formula is C20H21ClN2O2. The summed E-state index contributed by atoms with van der Waals surface area (Å²) in [6, 6.07) is 11.1. The smallest absolute Gasteiger partial charge is 0.261 e. The third-order valence-corrected chi connectivity index (χ3v) is 4.82. The zero-order chi connectivity index (χ0) is 18.1. The zero-order valence-electron chi connectivity index (χ0n) is 14.8. The van der Waals surface area contributed by atoms with E-state index in [1.165, 1.54) is 0 Å². The van der Waals surface area contributed by atoms with Crippen LogP contribution in [-0.2, 0) is 0 Å². The molecular weight excluding hydrogens is 336 g/mol. The van der Waals surface area contributed by atoms with Crippen LogP contribution in [0.25, 0.3) is 22.3 Å². The normalized spacial score (nSPS) is 12.4. The minimum absolute atomic E-state index is 0.0128. The number of benzene rings is 2. The van der Waals surface area contributed by atoms with Crippen LogP contribution in [-0.4, -0.2) is 16.7 Å². The van der Waals surface area contributed by atoms with Crippen molar-refractivity contribution < 1.29 is 4.74 Å². The van der Waals surface area contributed by atoms with Crippen LogP contribution in [0.2, 0.25) is 5.02 Å². The van der Waals surface area contributed by atoms with Crippen LogP contribution in [0.5, 0.6) is 5.75 Å². The largest absolute Gasteiger partial charge is 0.497 e. The number of nitrogens with zero attached hydrogens (tertiary/aromatic N) is 2. The molecule has 0 bridgehead atoms. The van der Waals surface area contributed by atoms with Crippen LogP contribution in [0.3, 0.4) is 0 Å². The Hall–Kier alpha value is -2.33. The number of halogens is 1. The molecule has 0 N–H and O–H groups in total. The monoisotopic (exact) mass is 356 g/mol. The first-order valence-electron chi connectivity index (χ1n) is 8.33. The lowest BCUT2D eigenvalue weighted by molar-refractivity contribution is 0.415. The summed E-state index contributed by atoms with van der Waals surface area (Å²) >= 11 is 6.47. The second-order valence-electron chi connectivity index (χ2n) is 6.23. The van der Waals surface area contributed by atoms with Crippen molar-refractivity contribution in [2.75, 3.05) is 7.11 Å². The molecule has 130 valence electrons. The molecule has 3 rings (SSSR count). The van der Waals surface area contributed by atoms with Crippen molar-refractivity contribution in [1.82, 2.24) is 9.55 Å². The minimum Gasteiger partial charge on any atom is -0.497 e. The molecule has 0 aliphatic rings. The third kappa shape index (κ3) is 3.14. The molecule has 0 spiro atoms. The number of rotatable bonds is 4. The highest BCUT2D eigenvalue weighted by Crippen LogP contribution is 2.30. The Labute approximate surface area is 152 Å². The summed E-state index contributed by atoms with van der Waals surface area (Å²) in [6.07, 6.45) is 0.819. The van der Waals surface area contributed by atoms with E-state index in [4.69, 9.17) is 21.3 Å². The van der Waals surface area contributed by atoms with Crippen LogP contribution in [0.15, 0.2) is 41.2 Å². The first-order valence-corrected chi connectivity index (χ1v) is 8.70. The summed E-state index contributed by atoms with van der Waals surface area (Å²) in [5.41, 5.74) is 2.37. The van der Waals surface area contributed by atoms with Gasteiger partial charge in [-0.3, -0.25) is 9.36 Å². The lowest BCUT2D eigenvalue weighted by Crippen LogP contribution is -2.26. The van der Waals surface area contributed by atoms with E-state index in [1.54, 1.807) is 29.9 Å². The van der Waals surface area contributed by atoms with E-state index in [1.807, 2.05) is 32.0 Å². The maximum Gasteiger partial charge on any atom is 0.261 e. The second kappa shape index (κ2) is 6.89. The Bertz CT molecular complexity index is 995. The van der Waals surface area contributed by atoms with Gasteiger partial charge in [0.05, 0.1) is 23.0 Å². The van der Waals surface area contributed by atoms with Crippen LogP contribution in [0.4, 0.5) is 0 Å². The molecule has 2 aromatic carbocycles. The molecule has 25 heavy (non-hydrogen) atoms. The molecule has 0 aliphatic carbocycles. The molecule has 3 aromatic rings. The second-order valence-corrected chi connectivity index (χ2v) is 6.64. The van der Waals surface area contributed by atoms with Crippen molar-refractivity contribution in [2.24, 2.45) is 0 Å². The molecule has 1 atom stereocenters. The average Bonchev–Trinajstić information content (AvgIpc) is 2.60. The highest BCUT2D eigenvalue weighted by molar-refractivity contribution is 6.33. The number of hydrogen-bond donors (Lipinski definition) is 0. The Morgan fingerprint density at radius 3 is 2.64 bits per heavy atom. The van der Waals surface area contributed by atoms with Gasteiger partial charge < -0.3 is 4.74 Å². The Morgan fingerprint density at radius 1 is 1.24 bits per heavy atom. The fourth-order valence-electron chi connectivity index (χ4n) is 2.89. The van der Waals surface area contributed by atoms with Gasteiger partial charge in [-0.05, 0) is 50.1 Å². The molecule has 4 nitrogen and oxygen atoms in total. The van der Waals surface area contributed by atoms with Crippen LogP contribution < -0.4 is 10.3 Å². The Kier molecular flexibility index (Phi) is 4.82. The first-order chi connectivity index (χ1) is 12.0. The number of methoxy groups -OCH3 is 1. The molecule has 5 heteroatoms. The van der Waals surface area contributed by atoms with Gasteiger partial charge in [-0.1, -0.05) is 24.6 Å². The number of aryl methyl sites for hydroxylation is 1. The van der Waals surface area contributed by atoms with Crippen LogP contribution in [0.1, 0.15) is 31.9 Å². The molecule has 0 saturated carbocycles. The predicted molar refractivity (Wildman–Crippen MR) is 103 cm³/mol. The first kappa shape index (κ1) is 17.5. The van der Waals surface area contributed by atoms with Gasteiger partial charge in [0.15, 0.2) is 0 Å². The van der Waals surface area contributed by atoms with Gasteiger partial charge in [-0.25, -0.2) is 4.98 Å². The van der Waals surface area contributed by atoms with Gasteiger partial charge in [-0.2, -0.15) is 0 Å². The van der Waals surface area contributed by atoms with E-state index >= 15 is 0 Å². The lowest BCUT2D eigenvalue weighted by atomic mass is 10.1. The van der Waals surface area contributed by atoms with E-state index in [2.05, 4.69) is 6.92 Å². The standard InChI is InChI=1S/C20H21ClN2O2/c1-5-13(3)23-19(15-8-6-12(2)10-17(15)21)22-18-11-14(25-4)7-9-16(18)20(23)24/h6-11,13H,5H2,1-4H3. The summed E-state index contributed by atoms with van der Waals surface area (Å²) < 4.78 is 7.01. The van der Waals surface area contributed by atoms with E-state index in [0.717, 1.165) is 17.5 Å². The molecule has 1 unspecified atom stereocenters. The van der Waals surface area contributed by atoms with Gasteiger partial charge in [0, 0.05) is 17.7 Å². The van der Waals surface area contributed by atoms with Gasteiger partial charge in [0.25, 0.3) is 5.56 Å². The summed E-state index contributed by atoms with van der Waals surface area (Å²) in [5, 5.41) is 1.17. The number of aromatic nitrogens is 2. The third-order valence-electron chi connectivity index (χ3n) is 4.51. The van der Waals surface area contributed by atoms with Crippen molar-refractivity contribution in [3.63, 3.8) is 0 Å². The van der Waals surface area contributed by atoms with E-state index in [9.17, 15) is 4.79 Å². The molecule has 0 aliphatic heterocycles. The van der Waals surface area contributed by atoms with Gasteiger partial charge >= 0.3 is 0 Å².